The standard InChI is InChI=1S/C22H27N3O/c1-22(2)15-24(13-17-8-4-3-5-9-17)20-11-7-6-10-19(20)21(22)25-16-23-12-18(25)14-26/h3-11,16,18,21,26H,12-15H2,1-2H3. The Hall–Kier alpha value is -2.33. The largest absolute Gasteiger partial charge is 0.394 e. The van der Waals surface area contributed by atoms with Gasteiger partial charge in [0.1, 0.15) is 0 Å². The normalized spacial score (nSPS) is 24.0. The molecule has 0 aliphatic carbocycles. The van der Waals surface area contributed by atoms with Gasteiger partial charge in [-0.1, -0.05) is 62.4 Å². The minimum Gasteiger partial charge on any atom is -0.394 e. The summed E-state index contributed by atoms with van der Waals surface area (Å²) in [5.74, 6) is 0. The summed E-state index contributed by atoms with van der Waals surface area (Å²) in [5, 5.41) is 9.80. The third kappa shape index (κ3) is 2.99. The first-order valence-electron chi connectivity index (χ1n) is 9.36. The summed E-state index contributed by atoms with van der Waals surface area (Å²) >= 11 is 0. The third-order valence-corrected chi connectivity index (χ3v) is 5.59. The van der Waals surface area contributed by atoms with Crippen LogP contribution in [0.15, 0.2) is 59.6 Å². The molecule has 2 unspecified atom stereocenters. The predicted molar refractivity (Wildman–Crippen MR) is 107 cm³/mol. The Labute approximate surface area is 155 Å². The van der Waals surface area contributed by atoms with Crippen molar-refractivity contribution in [3.63, 3.8) is 0 Å². The van der Waals surface area contributed by atoms with E-state index < -0.39 is 0 Å². The van der Waals surface area contributed by atoms with Crippen LogP contribution in [0.5, 0.6) is 0 Å². The molecular weight excluding hydrogens is 322 g/mol. The van der Waals surface area contributed by atoms with E-state index in [1.165, 1.54) is 16.8 Å². The van der Waals surface area contributed by atoms with Gasteiger partial charge in [0.25, 0.3) is 0 Å². The topological polar surface area (TPSA) is 39.1 Å². The molecule has 2 aliphatic rings. The van der Waals surface area contributed by atoms with Gasteiger partial charge in [-0.3, -0.25) is 4.99 Å². The zero-order chi connectivity index (χ0) is 18.1. The Kier molecular flexibility index (Phi) is 4.45. The summed E-state index contributed by atoms with van der Waals surface area (Å²) in [6, 6.07) is 19.6. The van der Waals surface area contributed by atoms with Gasteiger partial charge in [0.05, 0.1) is 31.6 Å². The molecule has 0 spiro atoms. The number of hydrogen-bond donors (Lipinski definition) is 1. The third-order valence-electron chi connectivity index (χ3n) is 5.59. The van der Waals surface area contributed by atoms with Crippen molar-refractivity contribution in [1.29, 1.82) is 0 Å². The van der Waals surface area contributed by atoms with Crippen molar-refractivity contribution >= 4 is 12.0 Å². The minimum atomic E-state index is 0.0346. The van der Waals surface area contributed by atoms with E-state index in [4.69, 9.17) is 0 Å². The molecule has 0 saturated carbocycles. The average Bonchev–Trinajstić information content (AvgIpc) is 3.10. The van der Waals surface area contributed by atoms with Crippen LogP contribution in [0.2, 0.25) is 0 Å². The molecule has 4 heteroatoms. The fourth-order valence-electron chi connectivity index (χ4n) is 4.48. The molecule has 1 N–H and O–H groups in total. The lowest BCUT2D eigenvalue weighted by Crippen LogP contribution is -2.51. The number of para-hydroxylation sites is 1. The molecule has 4 nitrogen and oxygen atoms in total. The van der Waals surface area contributed by atoms with Crippen LogP contribution >= 0.6 is 0 Å². The van der Waals surface area contributed by atoms with Gasteiger partial charge in [-0.15, -0.1) is 0 Å². The summed E-state index contributed by atoms with van der Waals surface area (Å²) < 4.78 is 0. The summed E-state index contributed by atoms with van der Waals surface area (Å²) in [7, 11) is 0. The number of rotatable bonds is 4. The highest BCUT2D eigenvalue weighted by molar-refractivity contribution is 5.64. The fourth-order valence-corrected chi connectivity index (χ4v) is 4.48. The number of aliphatic imine (C=N–C) groups is 1. The highest BCUT2D eigenvalue weighted by Gasteiger charge is 2.44. The molecule has 2 atom stereocenters. The van der Waals surface area contributed by atoms with Gasteiger partial charge in [0.15, 0.2) is 0 Å². The predicted octanol–water partition coefficient (Wildman–Crippen LogP) is 3.48. The monoisotopic (exact) mass is 349 g/mol. The van der Waals surface area contributed by atoms with Gasteiger partial charge in [-0.05, 0) is 17.2 Å². The summed E-state index contributed by atoms with van der Waals surface area (Å²) in [4.78, 5) is 9.21. The van der Waals surface area contributed by atoms with E-state index in [-0.39, 0.29) is 24.1 Å². The molecule has 0 saturated heterocycles. The van der Waals surface area contributed by atoms with Crippen LogP contribution < -0.4 is 4.90 Å². The molecular formula is C22H27N3O. The van der Waals surface area contributed by atoms with Crippen LogP contribution in [-0.4, -0.2) is 42.1 Å². The van der Waals surface area contributed by atoms with E-state index in [1.54, 1.807) is 0 Å². The van der Waals surface area contributed by atoms with Crippen molar-refractivity contribution in [3.8, 4) is 0 Å². The number of aliphatic hydroxyl groups is 1. The van der Waals surface area contributed by atoms with Gasteiger partial charge in [-0.2, -0.15) is 0 Å². The Morgan fingerprint density at radius 3 is 2.58 bits per heavy atom. The number of hydrogen-bond acceptors (Lipinski definition) is 4. The first kappa shape index (κ1) is 17.1. The Bertz CT molecular complexity index is 787. The van der Waals surface area contributed by atoms with Crippen LogP contribution in [0.4, 0.5) is 5.69 Å². The van der Waals surface area contributed by atoms with Crippen LogP contribution in [-0.2, 0) is 6.54 Å². The van der Waals surface area contributed by atoms with E-state index >= 15 is 0 Å². The van der Waals surface area contributed by atoms with E-state index in [9.17, 15) is 5.11 Å². The highest BCUT2D eigenvalue weighted by Crippen LogP contribution is 2.48. The lowest BCUT2D eigenvalue weighted by atomic mass is 9.75. The average molecular weight is 349 g/mol. The maximum absolute atomic E-state index is 9.80. The molecule has 2 heterocycles. The van der Waals surface area contributed by atoms with Crippen molar-refractivity contribution in [1.82, 2.24) is 4.90 Å². The summed E-state index contributed by atoms with van der Waals surface area (Å²) in [6.45, 7) is 7.34. The second-order valence-electron chi connectivity index (χ2n) is 8.06. The highest BCUT2D eigenvalue weighted by atomic mass is 16.3. The quantitative estimate of drug-likeness (QED) is 0.918. The zero-order valence-electron chi connectivity index (χ0n) is 15.5. The first-order valence-corrected chi connectivity index (χ1v) is 9.36. The molecule has 0 bridgehead atoms. The maximum Gasteiger partial charge on any atom is 0.0860 e. The maximum atomic E-state index is 9.80. The van der Waals surface area contributed by atoms with Crippen LogP contribution in [0.1, 0.15) is 31.0 Å². The molecule has 136 valence electrons. The molecule has 0 radical (unpaired) electrons. The van der Waals surface area contributed by atoms with Gasteiger partial charge in [0.2, 0.25) is 0 Å². The van der Waals surface area contributed by atoms with E-state index in [2.05, 4.69) is 83.2 Å². The van der Waals surface area contributed by atoms with E-state index in [0.29, 0.717) is 6.54 Å². The van der Waals surface area contributed by atoms with Crippen molar-refractivity contribution < 1.29 is 5.11 Å². The molecule has 0 fully saturated rings. The van der Waals surface area contributed by atoms with Crippen LogP contribution in [0, 0.1) is 5.41 Å². The molecule has 26 heavy (non-hydrogen) atoms. The van der Waals surface area contributed by atoms with E-state index in [0.717, 1.165) is 13.1 Å². The van der Waals surface area contributed by atoms with Gasteiger partial charge in [-0.25, -0.2) is 0 Å². The summed E-state index contributed by atoms with van der Waals surface area (Å²) in [5.41, 5.74) is 3.98. The minimum absolute atomic E-state index is 0.0346. The Morgan fingerprint density at radius 1 is 1.08 bits per heavy atom. The van der Waals surface area contributed by atoms with Gasteiger partial charge >= 0.3 is 0 Å². The smallest absolute Gasteiger partial charge is 0.0860 e. The van der Waals surface area contributed by atoms with Crippen molar-refractivity contribution in [2.24, 2.45) is 10.4 Å². The number of aliphatic hydroxyl groups excluding tert-OH is 1. The van der Waals surface area contributed by atoms with Gasteiger partial charge in [0, 0.05) is 24.2 Å². The summed E-state index contributed by atoms with van der Waals surface area (Å²) in [6.07, 6.45) is 1.94. The molecule has 2 aromatic rings. The number of benzene rings is 2. The van der Waals surface area contributed by atoms with Crippen molar-refractivity contribution in [2.75, 3.05) is 24.6 Å². The van der Waals surface area contributed by atoms with Crippen LogP contribution in [0.25, 0.3) is 0 Å². The fraction of sp³-hybridized carbons (Fsp3) is 0.409. The van der Waals surface area contributed by atoms with Gasteiger partial charge < -0.3 is 14.9 Å². The molecule has 2 aliphatic heterocycles. The van der Waals surface area contributed by atoms with Crippen LogP contribution in [0.3, 0.4) is 0 Å². The molecule has 0 aromatic heterocycles. The lowest BCUT2D eigenvalue weighted by Gasteiger charge is -2.50. The SMILES string of the molecule is CC1(C)CN(Cc2ccccc2)c2ccccc2C1N1C=NCC1CO. The number of nitrogens with zero attached hydrogens (tertiary/aromatic N) is 3. The second-order valence-corrected chi connectivity index (χ2v) is 8.06. The molecule has 0 amide bonds. The van der Waals surface area contributed by atoms with E-state index in [1.807, 2.05) is 6.34 Å². The number of anilines is 1. The Morgan fingerprint density at radius 2 is 1.81 bits per heavy atom. The molecule has 2 aromatic carbocycles. The van der Waals surface area contributed by atoms with Crippen molar-refractivity contribution in [3.05, 3.63) is 65.7 Å². The van der Waals surface area contributed by atoms with Crippen molar-refractivity contribution in [2.45, 2.75) is 32.5 Å². The second kappa shape index (κ2) is 6.76. The number of fused-ring (bicyclic) bond motifs is 1. The zero-order valence-corrected chi connectivity index (χ0v) is 15.5. The lowest BCUT2D eigenvalue weighted by molar-refractivity contribution is 0.0953. The Balaban J connectivity index is 1.73. The molecule has 4 rings (SSSR count). The first-order chi connectivity index (χ1) is 12.6.